The van der Waals surface area contributed by atoms with Crippen molar-refractivity contribution < 1.29 is 18.8 Å². The zero-order valence-corrected chi connectivity index (χ0v) is 16.5. The van der Waals surface area contributed by atoms with E-state index in [9.17, 15) is 4.79 Å². The van der Waals surface area contributed by atoms with Crippen LogP contribution in [0.15, 0.2) is 22.7 Å². The van der Waals surface area contributed by atoms with E-state index in [0.29, 0.717) is 47.9 Å². The first-order valence-corrected chi connectivity index (χ1v) is 9.70. The molecular weight excluding hydrogens is 384 g/mol. The Morgan fingerprint density at radius 2 is 1.89 bits per heavy atom. The molecular formula is C19H23ClN4O4. The van der Waals surface area contributed by atoms with Gasteiger partial charge in [0.25, 0.3) is 0 Å². The van der Waals surface area contributed by atoms with Gasteiger partial charge in [-0.3, -0.25) is 14.6 Å². The van der Waals surface area contributed by atoms with Gasteiger partial charge in [0.05, 0.1) is 11.6 Å². The lowest BCUT2D eigenvalue weighted by molar-refractivity contribution is -0.117. The number of benzene rings is 1. The summed E-state index contributed by atoms with van der Waals surface area (Å²) in [6.45, 7) is 7.39. The van der Waals surface area contributed by atoms with E-state index in [4.69, 9.17) is 25.6 Å². The molecule has 3 heterocycles. The molecule has 1 fully saturated rings. The first-order valence-electron chi connectivity index (χ1n) is 9.33. The largest absolute Gasteiger partial charge is 0.486 e. The maximum absolute atomic E-state index is 12.1. The zero-order chi connectivity index (χ0) is 19.5. The highest BCUT2D eigenvalue weighted by molar-refractivity contribution is 6.32. The molecule has 1 aromatic heterocycles. The maximum Gasteiger partial charge on any atom is 0.239 e. The van der Waals surface area contributed by atoms with E-state index < -0.39 is 0 Å². The number of piperazine rings is 1. The summed E-state index contributed by atoms with van der Waals surface area (Å²) in [5, 5.41) is 7.13. The Morgan fingerprint density at radius 1 is 1.14 bits per heavy atom. The highest BCUT2D eigenvalue weighted by Crippen LogP contribution is 2.38. The van der Waals surface area contributed by atoms with Gasteiger partial charge in [-0.2, -0.15) is 0 Å². The number of fused-ring (bicyclic) bond motifs is 1. The molecule has 2 aliphatic heterocycles. The summed E-state index contributed by atoms with van der Waals surface area (Å²) in [6, 6.07) is 5.64. The Hall–Kier alpha value is -2.29. The summed E-state index contributed by atoms with van der Waals surface area (Å²) in [5.41, 5.74) is 1.10. The number of amides is 1. The normalized spacial score (nSPS) is 17.5. The van der Waals surface area contributed by atoms with Crippen LogP contribution in [-0.2, 0) is 11.3 Å². The summed E-state index contributed by atoms with van der Waals surface area (Å²) >= 11 is 6.33. The molecule has 0 aliphatic carbocycles. The molecule has 1 amide bonds. The molecule has 9 heteroatoms. The van der Waals surface area contributed by atoms with Gasteiger partial charge in [0.2, 0.25) is 5.91 Å². The van der Waals surface area contributed by atoms with Gasteiger partial charge in [-0.25, -0.2) is 0 Å². The summed E-state index contributed by atoms with van der Waals surface area (Å²) < 4.78 is 16.2. The van der Waals surface area contributed by atoms with Crippen molar-refractivity contribution in [1.82, 2.24) is 15.0 Å². The molecule has 0 atom stereocenters. The number of anilines is 1. The molecule has 1 aromatic carbocycles. The van der Waals surface area contributed by atoms with Crippen LogP contribution in [0.3, 0.4) is 0 Å². The van der Waals surface area contributed by atoms with Gasteiger partial charge in [0.1, 0.15) is 19.0 Å². The number of rotatable bonds is 5. The molecule has 4 rings (SSSR count). The molecule has 150 valence electrons. The van der Waals surface area contributed by atoms with Gasteiger partial charge in [-0.1, -0.05) is 16.8 Å². The van der Waals surface area contributed by atoms with E-state index in [1.165, 1.54) is 0 Å². The Labute approximate surface area is 168 Å². The Balaban J connectivity index is 1.26. The third-order valence-electron chi connectivity index (χ3n) is 4.79. The lowest BCUT2D eigenvalue weighted by Crippen LogP contribution is -2.48. The molecule has 0 spiro atoms. The number of halogens is 1. The Kier molecular flexibility index (Phi) is 5.70. The number of hydrogen-bond acceptors (Lipinski definition) is 7. The third kappa shape index (κ3) is 4.57. The molecule has 28 heavy (non-hydrogen) atoms. The monoisotopic (exact) mass is 406 g/mol. The number of hydrogen-bond donors (Lipinski definition) is 1. The van der Waals surface area contributed by atoms with Crippen molar-refractivity contribution in [2.24, 2.45) is 0 Å². The second kappa shape index (κ2) is 8.38. The summed E-state index contributed by atoms with van der Waals surface area (Å²) in [7, 11) is 0. The van der Waals surface area contributed by atoms with Crippen LogP contribution in [0.1, 0.15) is 11.3 Å². The number of ether oxygens (including phenoxy) is 2. The minimum atomic E-state index is -0.0830. The van der Waals surface area contributed by atoms with E-state index in [1.807, 2.05) is 12.1 Å². The molecule has 2 aromatic rings. The molecule has 1 N–H and O–H groups in total. The second-order valence-electron chi connectivity index (χ2n) is 7.03. The predicted octanol–water partition coefficient (Wildman–Crippen LogP) is 2.16. The van der Waals surface area contributed by atoms with Crippen molar-refractivity contribution in [3.63, 3.8) is 0 Å². The van der Waals surface area contributed by atoms with Gasteiger partial charge in [-0.05, 0) is 24.6 Å². The van der Waals surface area contributed by atoms with Crippen molar-refractivity contribution >= 4 is 23.3 Å². The highest BCUT2D eigenvalue weighted by atomic mass is 35.5. The minimum absolute atomic E-state index is 0.0830. The Morgan fingerprint density at radius 3 is 2.64 bits per heavy atom. The SMILES string of the molecule is Cc1cc(NC(=O)CN2CCN(Cc3cc(Cl)c4c(c3)OCCO4)CC2)no1. The highest BCUT2D eigenvalue weighted by Gasteiger charge is 2.21. The van der Waals surface area contributed by atoms with E-state index in [2.05, 4.69) is 20.3 Å². The van der Waals surface area contributed by atoms with Gasteiger partial charge in [0.15, 0.2) is 17.3 Å². The predicted molar refractivity (Wildman–Crippen MR) is 104 cm³/mol. The van der Waals surface area contributed by atoms with Crippen LogP contribution in [0, 0.1) is 6.92 Å². The fraction of sp³-hybridized carbons (Fsp3) is 0.474. The first kappa shape index (κ1) is 19.0. The Bertz CT molecular complexity index is 848. The first-order chi connectivity index (χ1) is 13.6. The fourth-order valence-electron chi connectivity index (χ4n) is 3.43. The van der Waals surface area contributed by atoms with Gasteiger partial charge in [0, 0.05) is 38.8 Å². The van der Waals surface area contributed by atoms with E-state index >= 15 is 0 Å². The summed E-state index contributed by atoms with van der Waals surface area (Å²) in [5.74, 6) is 2.39. The number of aryl methyl sites for hydroxylation is 1. The van der Waals surface area contributed by atoms with Crippen LogP contribution >= 0.6 is 11.6 Å². The number of aromatic nitrogens is 1. The minimum Gasteiger partial charge on any atom is -0.486 e. The van der Waals surface area contributed by atoms with Crippen LogP contribution < -0.4 is 14.8 Å². The lowest BCUT2D eigenvalue weighted by atomic mass is 10.1. The van der Waals surface area contributed by atoms with Gasteiger partial charge in [-0.15, -0.1) is 0 Å². The average molecular weight is 407 g/mol. The van der Waals surface area contributed by atoms with Crippen LogP contribution in [0.25, 0.3) is 0 Å². The lowest BCUT2D eigenvalue weighted by Gasteiger charge is -2.34. The molecule has 2 aliphatic rings. The molecule has 0 unspecified atom stereocenters. The van der Waals surface area contributed by atoms with E-state index in [1.54, 1.807) is 13.0 Å². The van der Waals surface area contributed by atoms with E-state index in [-0.39, 0.29) is 5.91 Å². The molecule has 8 nitrogen and oxygen atoms in total. The zero-order valence-electron chi connectivity index (χ0n) is 15.7. The number of nitrogens with zero attached hydrogens (tertiary/aromatic N) is 3. The quantitative estimate of drug-likeness (QED) is 0.814. The van der Waals surface area contributed by atoms with Crippen LogP contribution in [0.2, 0.25) is 5.02 Å². The van der Waals surface area contributed by atoms with Crippen LogP contribution in [-0.4, -0.2) is 66.8 Å². The second-order valence-corrected chi connectivity index (χ2v) is 7.43. The number of nitrogens with one attached hydrogen (secondary N) is 1. The molecule has 0 radical (unpaired) electrons. The van der Waals surface area contributed by atoms with Crippen molar-refractivity contribution in [2.75, 3.05) is 51.3 Å². The molecule has 1 saturated heterocycles. The number of carbonyl (C=O) groups excluding carboxylic acids is 1. The van der Waals surface area contributed by atoms with Crippen molar-refractivity contribution in [2.45, 2.75) is 13.5 Å². The standard InChI is InChI=1S/C19H23ClN4O4/c1-13-8-17(22-28-13)21-18(25)12-24-4-2-23(3-5-24)11-14-9-15(20)19-16(10-14)26-6-7-27-19/h8-10H,2-7,11-12H2,1H3,(H,21,22,25). The van der Waals surface area contributed by atoms with Crippen molar-refractivity contribution in [1.29, 1.82) is 0 Å². The maximum atomic E-state index is 12.1. The topological polar surface area (TPSA) is 80.1 Å². The van der Waals surface area contributed by atoms with Crippen molar-refractivity contribution in [3.05, 3.63) is 34.5 Å². The summed E-state index contributed by atoms with van der Waals surface area (Å²) in [4.78, 5) is 16.6. The average Bonchev–Trinajstić information content (AvgIpc) is 3.08. The summed E-state index contributed by atoms with van der Waals surface area (Å²) in [6.07, 6.45) is 0. The van der Waals surface area contributed by atoms with Gasteiger partial charge < -0.3 is 19.3 Å². The third-order valence-corrected chi connectivity index (χ3v) is 5.07. The number of carbonyl (C=O) groups is 1. The van der Waals surface area contributed by atoms with Crippen LogP contribution in [0.5, 0.6) is 11.5 Å². The fourth-order valence-corrected chi connectivity index (χ4v) is 3.72. The van der Waals surface area contributed by atoms with Crippen LogP contribution in [0.4, 0.5) is 5.82 Å². The van der Waals surface area contributed by atoms with Gasteiger partial charge >= 0.3 is 0 Å². The molecule has 0 saturated carbocycles. The van der Waals surface area contributed by atoms with Crippen molar-refractivity contribution in [3.8, 4) is 11.5 Å². The van der Waals surface area contributed by atoms with E-state index in [0.717, 1.165) is 38.3 Å². The molecule has 0 bridgehead atoms. The smallest absolute Gasteiger partial charge is 0.239 e.